The lowest BCUT2D eigenvalue weighted by molar-refractivity contribution is -0.384. The van der Waals surface area contributed by atoms with Crippen LogP contribution in [0.5, 0.6) is 0 Å². The van der Waals surface area contributed by atoms with Crippen LogP contribution in [0.2, 0.25) is 0 Å². The monoisotopic (exact) mass is 336 g/mol. The van der Waals surface area contributed by atoms with Crippen LogP contribution in [0.1, 0.15) is 19.8 Å². The predicted octanol–water partition coefficient (Wildman–Crippen LogP) is 1.92. The minimum atomic E-state index is -0.538. The first kappa shape index (κ1) is 16.9. The van der Waals surface area contributed by atoms with E-state index in [0.717, 1.165) is 6.42 Å². The summed E-state index contributed by atoms with van der Waals surface area (Å²) in [5, 5.41) is 15.9. The molecule has 23 heavy (non-hydrogen) atoms. The molecule has 1 saturated heterocycles. The summed E-state index contributed by atoms with van der Waals surface area (Å²) in [7, 11) is 0. The van der Waals surface area contributed by atoms with Crippen molar-refractivity contribution in [3.63, 3.8) is 0 Å². The van der Waals surface area contributed by atoms with Gasteiger partial charge < -0.3 is 10.6 Å². The Kier molecular flexibility index (Phi) is 5.69. The van der Waals surface area contributed by atoms with Crippen LogP contribution in [-0.4, -0.2) is 33.7 Å². The summed E-state index contributed by atoms with van der Waals surface area (Å²) in [6.45, 7) is 2.60. The summed E-state index contributed by atoms with van der Waals surface area (Å²) in [5.41, 5.74) is 0.220. The third-order valence-corrected chi connectivity index (χ3v) is 4.09. The smallest absolute Gasteiger partial charge is 0.271 e. The van der Waals surface area contributed by atoms with Crippen LogP contribution in [0, 0.1) is 10.1 Å². The minimum absolute atomic E-state index is 0.0235. The number of nitro groups is 1. The molecule has 2 amide bonds. The molecule has 122 valence electrons. The van der Waals surface area contributed by atoms with Crippen molar-refractivity contribution >= 4 is 40.1 Å². The molecular formula is C14H16N4O4S. The van der Waals surface area contributed by atoms with Crippen molar-refractivity contribution in [2.24, 2.45) is 4.99 Å². The Hall–Kier alpha value is -2.42. The molecular weight excluding hydrogens is 320 g/mol. The molecule has 9 heteroatoms. The Balaban J connectivity index is 1.94. The number of non-ortho nitro benzene ring substituents is 1. The summed E-state index contributed by atoms with van der Waals surface area (Å²) in [6, 6.07) is 5.65. The fourth-order valence-electron chi connectivity index (χ4n) is 1.91. The number of amides is 2. The van der Waals surface area contributed by atoms with Gasteiger partial charge in [0.05, 0.1) is 4.92 Å². The molecule has 1 aliphatic heterocycles. The number of hydrogen-bond donors (Lipinski definition) is 2. The number of nitrogens with one attached hydrogen (secondary N) is 2. The Bertz CT molecular complexity index is 662. The van der Waals surface area contributed by atoms with E-state index in [4.69, 9.17) is 0 Å². The molecule has 0 saturated carbocycles. The number of carbonyl (C=O) groups excluding carboxylic acids is 2. The van der Waals surface area contributed by atoms with Gasteiger partial charge in [-0.2, -0.15) is 0 Å². The number of nitrogens with zero attached hydrogens (tertiary/aromatic N) is 2. The largest absolute Gasteiger partial charge is 0.326 e. The Morgan fingerprint density at radius 2 is 2.30 bits per heavy atom. The Morgan fingerprint density at radius 1 is 1.52 bits per heavy atom. The number of carbonyl (C=O) groups is 2. The standard InChI is InChI=1S/C14H16N4O4S/c1-2-6-15-14-17-13(20)11(23-14)8-12(19)16-9-4-3-5-10(7-9)18(21)22/h3-5,7,11H,2,6,8H2,1H3,(H,16,19)(H,15,17,20). The van der Waals surface area contributed by atoms with Gasteiger partial charge in [-0.1, -0.05) is 24.8 Å². The van der Waals surface area contributed by atoms with Crippen molar-refractivity contribution in [3.05, 3.63) is 34.4 Å². The van der Waals surface area contributed by atoms with Crippen LogP contribution >= 0.6 is 11.8 Å². The van der Waals surface area contributed by atoms with Crippen molar-refractivity contribution in [1.82, 2.24) is 5.32 Å². The summed E-state index contributed by atoms with van der Waals surface area (Å²) < 4.78 is 0. The molecule has 1 aromatic rings. The fourth-order valence-corrected chi connectivity index (χ4v) is 2.90. The number of benzene rings is 1. The molecule has 1 aliphatic rings. The highest BCUT2D eigenvalue weighted by molar-refractivity contribution is 8.15. The first-order valence-corrected chi connectivity index (χ1v) is 7.94. The average molecular weight is 336 g/mol. The molecule has 2 rings (SSSR count). The zero-order valence-corrected chi connectivity index (χ0v) is 13.3. The second kappa shape index (κ2) is 7.73. The average Bonchev–Trinajstić information content (AvgIpc) is 2.85. The second-order valence-electron chi connectivity index (χ2n) is 4.84. The number of hydrogen-bond acceptors (Lipinski definition) is 6. The van der Waals surface area contributed by atoms with Gasteiger partial charge in [0.15, 0.2) is 5.17 Å². The number of anilines is 1. The predicted molar refractivity (Wildman–Crippen MR) is 88.5 cm³/mol. The highest BCUT2D eigenvalue weighted by Gasteiger charge is 2.31. The number of aliphatic imine (C=N–C) groups is 1. The molecule has 8 nitrogen and oxygen atoms in total. The molecule has 1 unspecified atom stereocenters. The lowest BCUT2D eigenvalue weighted by Crippen LogP contribution is -2.28. The molecule has 1 atom stereocenters. The van der Waals surface area contributed by atoms with Crippen LogP contribution in [-0.2, 0) is 9.59 Å². The van der Waals surface area contributed by atoms with E-state index in [9.17, 15) is 19.7 Å². The van der Waals surface area contributed by atoms with Crippen LogP contribution < -0.4 is 10.6 Å². The zero-order valence-electron chi connectivity index (χ0n) is 12.4. The summed E-state index contributed by atoms with van der Waals surface area (Å²) in [5.74, 6) is -0.631. The van der Waals surface area contributed by atoms with E-state index in [0.29, 0.717) is 17.4 Å². The van der Waals surface area contributed by atoms with Crippen molar-refractivity contribution in [1.29, 1.82) is 0 Å². The Morgan fingerprint density at radius 3 is 3.00 bits per heavy atom. The SMILES string of the molecule is CCCN=C1NC(=O)C(CC(=O)Nc2cccc([N+](=O)[O-])c2)S1. The summed E-state index contributed by atoms with van der Waals surface area (Å²) in [6.07, 6.45) is 0.849. The molecule has 2 N–H and O–H groups in total. The van der Waals surface area contributed by atoms with Crippen LogP contribution in [0.3, 0.4) is 0 Å². The maximum atomic E-state index is 12.0. The van der Waals surface area contributed by atoms with Crippen LogP contribution in [0.15, 0.2) is 29.3 Å². The summed E-state index contributed by atoms with van der Waals surface area (Å²) in [4.78, 5) is 38.2. The second-order valence-corrected chi connectivity index (χ2v) is 6.03. The van der Waals surface area contributed by atoms with E-state index >= 15 is 0 Å². The van der Waals surface area contributed by atoms with Crippen LogP contribution in [0.25, 0.3) is 0 Å². The third kappa shape index (κ3) is 4.78. The number of amidine groups is 1. The highest BCUT2D eigenvalue weighted by Crippen LogP contribution is 2.23. The van der Waals surface area contributed by atoms with Gasteiger partial charge in [-0.15, -0.1) is 0 Å². The molecule has 1 heterocycles. The molecule has 0 spiro atoms. The molecule has 0 bridgehead atoms. The third-order valence-electron chi connectivity index (χ3n) is 2.97. The molecule has 1 fully saturated rings. The maximum absolute atomic E-state index is 12.0. The number of nitro benzene ring substituents is 1. The molecule has 0 aromatic heterocycles. The quantitative estimate of drug-likeness (QED) is 0.608. The number of thioether (sulfide) groups is 1. The Labute approximate surface area is 136 Å². The first-order valence-electron chi connectivity index (χ1n) is 7.06. The topological polar surface area (TPSA) is 114 Å². The molecule has 0 aliphatic carbocycles. The first-order chi connectivity index (χ1) is 11.0. The van der Waals surface area contributed by atoms with E-state index in [1.165, 1.54) is 30.0 Å². The highest BCUT2D eigenvalue weighted by atomic mass is 32.2. The van der Waals surface area contributed by atoms with Gasteiger partial charge in [0.2, 0.25) is 11.8 Å². The molecule has 1 aromatic carbocycles. The maximum Gasteiger partial charge on any atom is 0.271 e. The minimum Gasteiger partial charge on any atom is -0.326 e. The molecule has 0 radical (unpaired) electrons. The fraction of sp³-hybridized carbons (Fsp3) is 0.357. The number of rotatable bonds is 6. The summed E-state index contributed by atoms with van der Waals surface area (Å²) >= 11 is 1.23. The van der Waals surface area contributed by atoms with Gasteiger partial charge in [0.25, 0.3) is 5.69 Å². The van der Waals surface area contributed by atoms with Gasteiger partial charge >= 0.3 is 0 Å². The normalized spacial score (nSPS) is 18.7. The van der Waals surface area contributed by atoms with E-state index in [1.807, 2.05) is 6.92 Å². The van der Waals surface area contributed by atoms with Crippen molar-refractivity contribution in [2.75, 3.05) is 11.9 Å². The van der Waals surface area contributed by atoms with Gasteiger partial charge in [0, 0.05) is 30.8 Å². The van der Waals surface area contributed by atoms with Crippen LogP contribution in [0.4, 0.5) is 11.4 Å². The van der Waals surface area contributed by atoms with E-state index in [-0.39, 0.29) is 23.9 Å². The van der Waals surface area contributed by atoms with Gasteiger partial charge in [-0.25, -0.2) is 0 Å². The van der Waals surface area contributed by atoms with Crippen molar-refractivity contribution < 1.29 is 14.5 Å². The van der Waals surface area contributed by atoms with E-state index < -0.39 is 10.2 Å². The van der Waals surface area contributed by atoms with Crippen molar-refractivity contribution in [2.45, 2.75) is 25.0 Å². The van der Waals surface area contributed by atoms with E-state index in [2.05, 4.69) is 15.6 Å². The lowest BCUT2D eigenvalue weighted by Gasteiger charge is -2.07. The van der Waals surface area contributed by atoms with Crippen molar-refractivity contribution in [3.8, 4) is 0 Å². The lowest BCUT2D eigenvalue weighted by atomic mass is 10.2. The zero-order chi connectivity index (χ0) is 16.8. The van der Waals surface area contributed by atoms with Gasteiger partial charge in [0.1, 0.15) is 5.25 Å². The van der Waals surface area contributed by atoms with Gasteiger partial charge in [-0.05, 0) is 12.5 Å². The van der Waals surface area contributed by atoms with E-state index in [1.54, 1.807) is 6.07 Å². The van der Waals surface area contributed by atoms with Gasteiger partial charge in [-0.3, -0.25) is 24.7 Å².